The summed E-state index contributed by atoms with van der Waals surface area (Å²) in [6.45, 7) is 5.03. The third-order valence-corrected chi connectivity index (χ3v) is 2.93. The molecule has 0 fully saturated rings. The van der Waals surface area contributed by atoms with Crippen LogP contribution >= 0.6 is 15.9 Å². The van der Waals surface area contributed by atoms with Gasteiger partial charge in [0, 0.05) is 0 Å². The van der Waals surface area contributed by atoms with Crippen LogP contribution in [0.2, 0.25) is 0 Å². The molecule has 0 saturated carbocycles. The van der Waals surface area contributed by atoms with Crippen LogP contribution < -0.4 is 4.74 Å². The van der Waals surface area contributed by atoms with Crippen molar-refractivity contribution in [2.45, 2.75) is 26.7 Å². The van der Waals surface area contributed by atoms with Crippen molar-refractivity contribution in [1.82, 2.24) is 0 Å². The van der Waals surface area contributed by atoms with Crippen molar-refractivity contribution in [3.8, 4) is 5.75 Å². The molecule has 0 radical (unpaired) electrons. The van der Waals surface area contributed by atoms with Gasteiger partial charge in [-0.05, 0) is 40.9 Å². The molecule has 72 valence electrons. The van der Waals surface area contributed by atoms with Gasteiger partial charge in [0.1, 0.15) is 5.75 Å². The van der Waals surface area contributed by atoms with Crippen LogP contribution in [0.3, 0.4) is 0 Å². The van der Waals surface area contributed by atoms with Crippen molar-refractivity contribution >= 4 is 15.9 Å². The second-order valence-electron chi connectivity index (χ2n) is 3.09. The largest absolute Gasteiger partial charge is 0.492 e. The van der Waals surface area contributed by atoms with Crippen LogP contribution in [-0.2, 0) is 0 Å². The van der Waals surface area contributed by atoms with E-state index in [9.17, 15) is 0 Å². The second kappa shape index (κ2) is 5.28. The van der Waals surface area contributed by atoms with Crippen LogP contribution in [0.5, 0.6) is 5.75 Å². The number of aryl methyl sites for hydroxylation is 1. The Bertz CT molecular complexity index is 271. The smallest absolute Gasteiger partial charge is 0.133 e. The lowest BCUT2D eigenvalue weighted by Crippen LogP contribution is -1.97. The van der Waals surface area contributed by atoms with Gasteiger partial charge in [-0.3, -0.25) is 0 Å². The average molecular weight is 243 g/mol. The van der Waals surface area contributed by atoms with Crippen LogP contribution in [0, 0.1) is 6.92 Å². The summed E-state index contributed by atoms with van der Waals surface area (Å²) in [6, 6.07) is 6.07. The Morgan fingerprint density at radius 2 is 2.15 bits per heavy atom. The van der Waals surface area contributed by atoms with Gasteiger partial charge in [-0.2, -0.15) is 0 Å². The van der Waals surface area contributed by atoms with Crippen LogP contribution in [0.1, 0.15) is 25.3 Å². The minimum absolute atomic E-state index is 0.804. The number of benzene rings is 1. The van der Waals surface area contributed by atoms with E-state index < -0.39 is 0 Å². The quantitative estimate of drug-likeness (QED) is 0.728. The van der Waals surface area contributed by atoms with Gasteiger partial charge in [0.05, 0.1) is 11.1 Å². The third-order valence-electron chi connectivity index (χ3n) is 1.91. The van der Waals surface area contributed by atoms with Crippen molar-refractivity contribution < 1.29 is 4.74 Å². The topological polar surface area (TPSA) is 9.23 Å². The molecule has 0 aliphatic heterocycles. The number of hydrogen-bond acceptors (Lipinski definition) is 1. The summed E-state index contributed by atoms with van der Waals surface area (Å²) in [5.74, 6) is 0.952. The lowest BCUT2D eigenvalue weighted by Gasteiger charge is -2.08. The zero-order valence-electron chi connectivity index (χ0n) is 8.14. The Hall–Kier alpha value is -0.500. The minimum atomic E-state index is 0.804. The van der Waals surface area contributed by atoms with Gasteiger partial charge in [0.15, 0.2) is 0 Å². The van der Waals surface area contributed by atoms with Gasteiger partial charge in [-0.15, -0.1) is 0 Å². The molecule has 1 nitrogen and oxygen atoms in total. The molecule has 13 heavy (non-hydrogen) atoms. The fourth-order valence-corrected chi connectivity index (χ4v) is 1.44. The van der Waals surface area contributed by atoms with Gasteiger partial charge in [-0.25, -0.2) is 0 Å². The molecule has 0 unspecified atom stereocenters. The van der Waals surface area contributed by atoms with Crippen LogP contribution in [-0.4, -0.2) is 6.61 Å². The van der Waals surface area contributed by atoms with E-state index in [0.29, 0.717) is 0 Å². The van der Waals surface area contributed by atoms with E-state index in [-0.39, 0.29) is 0 Å². The number of ether oxygens (including phenoxy) is 1. The molecule has 2 heteroatoms. The predicted octanol–water partition coefficient (Wildman–Crippen LogP) is 3.94. The highest BCUT2D eigenvalue weighted by atomic mass is 79.9. The van der Waals surface area contributed by atoms with Gasteiger partial charge >= 0.3 is 0 Å². The first kappa shape index (κ1) is 10.6. The number of rotatable bonds is 4. The van der Waals surface area contributed by atoms with Crippen molar-refractivity contribution in [2.24, 2.45) is 0 Å². The summed E-state index contributed by atoms with van der Waals surface area (Å²) in [4.78, 5) is 0. The summed E-state index contributed by atoms with van der Waals surface area (Å²) in [6.07, 6.45) is 2.28. The maximum atomic E-state index is 5.61. The molecule has 0 heterocycles. The van der Waals surface area contributed by atoms with Crippen molar-refractivity contribution in [3.05, 3.63) is 28.2 Å². The summed E-state index contributed by atoms with van der Waals surface area (Å²) < 4.78 is 6.69. The van der Waals surface area contributed by atoms with Gasteiger partial charge < -0.3 is 4.74 Å². The van der Waals surface area contributed by atoms with Crippen molar-refractivity contribution in [2.75, 3.05) is 6.61 Å². The Morgan fingerprint density at radius 1 is 1.38 bits per heavy atom. The molecule has 1 aromatic carbocycles. The highest BCUT2D eigenvalue weighted by Gasteiger charge is 2.01. The molecular formula is C11H15BrO. The number of halogens is 1. The first-order valence-electron chi connectivity index (χ1n) is 4.63. The summed E-state index contributed by atoms with van der Waals surface area (Å²) in [5, 5.41) is 0. The predicted molar refractivity (Wildman–Crippen MR) is 59.3 cm³/mol. The molecule has 1 rings (SSSR count). The molecule has 0 saturated heterocycles. The Morgan fingerprint density at radius 3 is 2.85 bits per heavy atom. The normalized spacial score (nSPS) is 10.1. The Labute approximate surface area is 88.2 Å². The standard InChI is InChI=1S/C11H15BrO/c1-3-4-8-13-10-7-5-6-9(2)11(10)12/h5-7H,3-4,8H2,1-2H3. The van der Waals surface area contributed by atoms with Gasteiger partial charge in [0.2, 0.25) is 0 Å². The minimum Gasteiger partial charge on any atom is -0.492 e. The van der Waals surface area contributed by atoms with E-state index in [2.05, 4.69) is 35.8 Å². The number of hydrogen-bond donors (Lipinski definition) is 0. The highest BCUT2D eigenvalue weighted by molar-refractivity contribution is 9.10. The van der Waals surface area contributed by atoms with Crippen molar-refractivity contribution in [1.29, 1.82) is 0 Å². The SMILES string of the molecule is CCCCOc1cccc(C)c1Br. The van der Waals surface area contributed by atoms with Crippen LogP contribution in [0.4, 0.5) is 0 Å². The van der Waals surface area contributed by atoms with E-state index in [0.717, 1.165) is 23.2 Å². The molecule has 0 spiro atoms. The molecule has 0 aromatic heterocycles. The van der Waals surface area contributed by atoms with Gasteiger partial charge in [0.25, 0.3) is 0 Å². The maximum Gasteiger partial charge on any atom is 0.133 e. The third kappa shape index (κ3) is 3.03. The van der Waals surface area contributed by atoms with E-state index in [1.807, 2.05) is 12.1 Å². The molecule has 0 atom stereocenters. The van der Waals surface area contributed by atoms with E-state index in [1.54, 1.807) is 0 Å². The molecule has 0 bridgehead atoms. The molecule has 0 aliphatic rings. The molecule has 0 amide bonds. The lowest BCUT2D eigenvalue weighted by atomic mass is 10.2. The van der Waals surface area contributed by atoms with Crippen LogP contribution in [0.15, 0.2) is 22.7 Å². The molecule has 1 aromatic rings. The zero-order valence-corrected chi connectivity index (χ0v) is 9.73. The van der Waals surface area contributed by atoms with E-state index >= 15 is 0 Å². The molecule has 0 N–H and O–H groups in total. The molecular weight excluding hydrogens is 228 g/mol. The highest BCUT2D eigenvalue weighted by Crippen LogP contribution is 2.27. The molecule has 0 aliphatic carbocycles. The fraction of sp³-hybridized carbons (Fsp3) is 0.455. The van der Waals surface area contributed by atoms with E-state index in [1.165, 1.54) is 12.0 Å². The Kier molecular flexibility index (Phi) is 4.29. The summed E-state index contributed by atoms with van der Waals surface area (Å²) in [7, 11) is 0. The fourth-order valence-electron chi connectivity index (χ4n) is 1.06. The van der Waals surface area contributed by atoms with Crippen LogP contribution in [0.25, 0.3) is 0 Å². The first-order valence-corrected chi connectivity index (χ1v) is 5.43. The summed E-state index contributed by atoms with van der Waals surface area (Å²) >= 11 is 3.51. The second-order valence-corrected chi connectivity index (χ2v) is 3.88. The Balaban J connectivity index is 2.61. The summed E-state index contributed by atoms with van der Waals surface area (Å²) in [5.41, 5.74) is 1.22. The number of unbranched alkanes of at least 4 members (excludes halogenated alkanes) is 1. The van der Waals surface area contributed by atoms with Crippen molar-refractivity contribution in [3.63, 3.8) is 0 Å². The first-order chi connectivity index (χ1) is 6.25. The monoisotopic (exact) mass is 242 g/mol. The van der Waals surface area contributed by atoms with E-state index in [4.69, 9.17) is 4.74 Å². The van der Waals surface area contributed by atoms with Gasteiger partial charge in [-0.1, -0.05) is 25.5 Å². The maximum absolute atomic E-state index is 5.61. The lowest BCUT2D eigenvalue weighted by molar-refractivity contribution is 0.307. The zero-order chi connectivity index (χ0) is 9.68. The average Bonchev–Trinajstić information content (AvgIpc) is 2.13.